The molecule has 0 saturated carbocycles. The number of rotatable bonds is 7. The molecule has 4 rings (SSSR count). The number of hydrogen-bond acceptors (Lipinski definition) is 4. The van der Waals surface area contributed by atoms with Crippen LogP contribution in [-0.4, -0.2) is 38.4 Å². The van der Waals surface area contributed by atoms with Gasteiger partial charge in [-0.05, 0) is 5.56 Å². The van der Waals surface area contributed by atoms with Gasteiger partial charge in [-0.25, -0.2) is 4.98 Å². The fraction of sp³-hybridized carbons (Fsp3) is 0.182. The van der Waals surface area contributed by atoms with E-state index in [4.69, 9.17) is 0 Å². The first-order chi connectivity index (χ1) is 13.7. The molecule has 0 aliphatic heterocycles. The summed E-state index contributed by atoms with van der Waals surface area (Å²) in [5.41, 5.74) is 3.92. The van der Waals surface area contributed by atoms with Crippen molar-refractivity contribution in [3.05, 3.63) is 83.5 Å². The van der Waals surface area contributed by atoms with E-state index in [1.807, 2.05) is 76.6 Å². The molecule has 0 bridgehead atoms. The van der Waals surface area contributed by atoms with Gasteiger partial charge in [0.05, 0.1) is 18.7 Å². The summed E-state index contributed by atoms with van der Waals surface area (Å²) in [6.07, 6.45) is 2.26. The number of benzene rings is 2. The first-order valence-electron chi connectivity index (χ1n) is 9.18. The van der Waals surface area contributed by atoms with Gasteiger partial charge in [-0.2, -0.15) is 0 Å². The third kappa shape index (κ3) is 3.98. The summed E-state index contributed by atoms with van der Waals surface area (Å²) >= 11 is 1.53. The lowest BCUT2D eigenvalue weighted by molar-refractivity contribution is -0.131. The smallest absolute Gasteiger partial charge is 0.228 e. The van der Waals surface area contributed by atoms with Gasteiger partial charge < -0.3 is 10.0 Å². The van der Waals surface area contributed by atoms with Crippen molar-refractivity contribution in [3.63, 3.8) is 0 Å². The second-order valence-corrected chi connectivity index (χ2v) is 7.41. The first-order valence-corrected chi connectivity index (χ1v) is 10.1. The van der Waals surface area contributed by atoms with Gasteiger partial charge in [-0.1, -0.05) is 60.7 Å². The monoisotopic (exact) mass is 391 g/mol. The minimum absolute atomic E-state index is 0.00689. The van der Waals surface area contributed by atoms with Crippen LogP contribution in [0.3, 0.4) is 0 Å². The molecule has 6 heteroatoms. The summed E-state index contributed by atoms with van der Waals surface area (Å²) < 4.78 is 1.99. The van der Waals surface area contributed by atoms with Crippen molar-refractivity contribution >= 4 is 22.2 Å². The number of aromatic nitrogens is 2. The van der Waals surface area contributed by atoms with Gasteiger partial charge in [0.1, 0.15) is 0 Å². The van der Waals surface area contributed by atoms with E-state index in [-0.39, 0.29) is 18.9 Å². The molecule has 28 heavy (non-hydrogen) atoms. The molecule has 4 aromatic rings. The maximum Gasteiger partial charge on any atom is 0.228 e. The van der Waals surface area contributed by atoms with Crippen molar-refractivity contribution in [2.24, 2.45) is 0 Å². The predicted octanol–water partition coefficient (Wildman–Crippen LogP) is 3.63. The Morgan fingerprint density at radius 1 is 1.07 bits per heavy atom. The van der Waals surface area contributed by atoms with E-state index < -0.39 is 0 Å². The summed E-state index contributed by atoms with van der Waals surface area (Å²) in [4.78, 5) is 20.2. The van der Waals surface area contributed by atoms with Crippen LogP contribution in [0.2, 0.25) is 0 Å². The molecule has 142 valence electrons. The van der Waals surface area contributed by atoms with E-state index in [2.05, 4.69) is 4.98 Å². The van der Waals surface area contributed by atoms with E-state index in [0.29, 0.717) is 13.1 Å². The molecule has 1 amide bonds. The van der Waals surface area contributed by atoms with Crippen LogP contribution in [0, 0.1) is 0 Å². The average Bonchev–Trinajstić information content (AvgIpc) is 3.31. The van der Waals surface area contributed by atoms with Gasteiger partial charge in [-0.3, -0.25) is 9.20 Å². The number of aliphatic hydroxyl groups is 1. The number of hydrogen-bond donors (Lipinski definition) is 1. The fourth-order valence-electron chi connectivity index (χ4n) is 3.19. The number of carbonyl (C=O) groups excluding carboxylic acids is 1. The molecule has 0 radical (unpaired) electrons. The van der Waals surface area contributed by atoms with E-state index in [1.54, 1.807) is 4.90 Å². The molecule has 0 unspecified atom stereocenters. The Morgan fingerprint density at radius 2 is 1.79 bits per heavy atom. The lowest BCUT2D eigenvalue weighted by atomic mass is 10.2. The molecule has 0 saturated heterocycles. The summed E-state index contributed by atoms with van der Waals surface area (Å²) in [6.45, 7) is 0.758. The molecule has 5 nitrogen and oxygen atoms in total. The second kappa shape index (κ2) is 8.37. The zero-order valence-electron chi connectivity index (χ0n) is 15.4. The number of imidazole rings is 1. The van der Waals surface area contributed by atoms with Crippen LogP contribution in [0.1, 0.15) is 11.3 Å². The molecule has 0 spiro atoms. The Morgan fingerprint density at radius 3 is 2.50 bits per heavy atom. The molecule has 2 aromatic heterocycles. The van der Waals surface area contributed by atoms with Crippen molar-refractivity contribution in [2.75, 3.05) is 13.2 Å². The van der Waals surface area contributed by atoms with Crippen molar-refractivity contribution in [3.8, 4) is 11.3 Å². The van der Waals surface area contributed by atoms with Gasteiger partial charge >= 0.3 is 0 Å². The maximum atomic E-state index is 12.9. The Labute approximate surface area is 167 Å². The molecule has 2 heterocycles. The topological polar surface area (TPSA) is 57.8 Å². The van der Waals surface area contributed by atoms with E-state index in [0.717, 1.165) is 27.5 Å². The van der Waals surface area contributed by atoms with Gasteiger partial charge in [0, 0.05) is 35.9 Å². The predicted molar refractivity (Wildman–Crippen MR) is 111 cm³/mol. The van der Waals surface area contributed by atoms with E-state index in [9.17, 15) is 9.90 Å². The van der Waals surface area contributed by atoms with Crippen molar-refractivity contribution in [2.45, 2.75) is 13.0 Å². The van der Waals surface area contributed by atoms with E-state index >= 15 is 0 Å². The molecule has 2 aromatic carbocycles. The first kappa shape index (κ1) is 18.4. The Kier molecular flexibility index (Phi) is 5.50. The minimum atomic E-state index is -0.0547. The van der Waals surface area contributed by atoms with E-state index in [1.165, 1.54) is 11.3 Å². The van der Waals surface area contributed by atoms with Crippen LogP contribution < -0.4 is 0 Å². The number of amides is 1. The Bertz CT molecular complexity index is 1060. The van der Waals surface area contributed by atoms with Crippen molar-refractivity contribution in [1.82, 2.24) is 14.3 Å². The zero-order valence-corrected chi connectivity index (χ0v) is 16.2. The Balaban J connectivity index is 1.54. The highest BCUT2D eigenvalue weighted by atomic mass is 32.1. The molecular weight excluding hydrogens is 370 g/mol. The van der Waals surface area contributed by atoms with Gasteiger partial charge in [0.15, 0.2) is 4.96 Å². The highest BCUT2D eigenvalue weighted by Gasteiger charge is 2.17. The number of nitrogens with zero attached hydrogens (tertiary/aromatic N) is 3. The average molecular weight is 391 g/mol. The molecular formula is C22H21N3O2S. The summed E-state index contributed by atoms with van der Waals surface area (Å²) in [5.74, 6) is -0.00689. The van der Waals surface area contributed by atoms with Crippen LogP contribution in [-0.2, 0) is 17.8 Å². The number of fused-ring (bicyclic) bond motifs is 1. The SMILES string of the molecule is O=C(Cc1csc2nc(-c3ccccc3)cn12)N(CCO)Cc1ccccc1. The number of thiazole rings is 1. The normalized spacial score (nSPS) is 11.0. The summed E-state index contributed by atoms with van der Waals surface area (Å²) in [5, 5.41) is 11.4. The fourth-order valence-corrected chi connectivity index (χ4v) is 4.06. The zero-order chi connectivity index (χ0) is 19.3. The van der Waals surface area contributed by atoms with Crippen molar-refractivity contribution < 1.29 is 9.90 Å². The lowest BCUT2D eigenvalue weighted by Crippen LogP contribution is -2.34. The number of aliphatic hydroxyl groups excluding tert-OH is 1. The molecule has 0 aliphatic carbocycles. The van der Waals surface area contributed by atoms with Crippen molar-refractivity contribution in [1.29, 1.82) is 0 Å². The third-order valence-corrected chi connectivity index (χ3v) is 5.51. The quantitative estimate of drug-likeness (QED) is 0.523. The lowest BCUT2D eigenvalue weighted by Gasteiger charge is -2.21. The van der Waals surface area contributed by atoms with Crippen LogP contribution in [0.5, 0.6) is 0 Å². The number of carbonyl (C=O) groups is 1. The Hall–Kier alpha value is -2.96. The maximum absolute atomic E-state index is 12.9. The largest absolute Gasteiger partial charge is 0.395 e. The van der Waals surface area contributed by atoms with Gasteiger partial charge in [0.25, 0.3) is 0 Å². The van der Waals surface area contributed by atoms with Crippen LogP contribution in [0.4, 0.5) is 0 Å². The highest BCUT2D eigenvalue weighted by Crippen LogP contribution is 2.24. The second-order valence-electron chi connectivity index (χ2n) is 6.57. The highest BCUT2D eigenvalue weighted by molar-refractivity contribution is 7.15. The summed E-state index contributed by atoms with van der Waals surface area (Å²) in [6, 6.07) is 19.9. The van der Waals surface area contributed by atoms with Crippen LogP contribution in [0.15, 0.2) is 72.2 Å². The standard InChI is InChI=1S/C22H21N3O2S/c26-12-11-24(14-17-7-3-1-4-8-17)21(27)13-19-16-28-22-23-20(15-25(19)22)18-9-5-2-6-10-18/h1-10,15-16,26H,11-14H2. The molecule has 0 fully saturated rings. The van der Waals surface area contributed by atoms with Crippen LogP contribution in [0.25, 0.3) is 16.2 Å². The molecule has 1 N–H and O–H groups in total. The van der Waals surface area contributed by atoms with Crippen LogP contribution >= 0.6 is 11.3 Å². The summed E-state index contributed by atoms with van der Waals surface area (Å²) in [7, 11) is 0. The minimum Gasteiger partial charge on any atom is -0.395 e. The van der Waals surface area contributed by atoms with Gasteiger partial charge in [-0.15, -0.1) is 11.3 Å². The third-order valence-electron chi connectivity index (χ3n) is 4.62. The molecule has 0 atom stereocenters. The molecule has 0 aliphatic rings. The van der Waals surface area contributed by atoms with Gasteiger partial charge in [0.2, 0.25) is 5.91 Å².